The Morgan fingerprint density at radius 2 is 2.17 bits per heavy atom. The summed E-state index contributed by atoms with van der Waals surface area (Å²) in [5.74, 6) is 0.769. The van der Waals surface area contributed by atoms with Gasteiger partial charge in [0.2, 0.25) is 0 Å². The second-order valence-corrected chi connectivity index (χ2v) is 7.14. The third kappa shape index (κ3) is 3.93. The van der Waals surface area contributed by atoms with Crippen molar-refractivity contribution in [2.75, 3.05) is 26.2 Å². The molecule has 0 saturated carbocycles. The van der Waals surface area contributed by atoms with Gasteiger partial charge in [0, 0.05) is 30.7 Å². The Balaban J connectivity index is 1.68. The maximum absolute atomic E-state index is 12.7. The highest BCUT2D eigenvalue weighted by Gasteiger charge is 2.16. The number of aryl methyl sites for hydroxylation is 2. The highest BCUT2D eigenvalue weighted by molar-refractivity contribution is 6.06. The van der Waals surface area contributed by atoms with Crippen LogP contribution >= 0.6 is 0 Å². The van der Waals surface area contributed by atoms with Crippen LogP contribution in [0.25, 0.3) is 10.9 Å². The molecule has 1 amide bonds. The molecule has 0 bridgehead atoms. The number of piperidine rings is 1. The van der Waals surface area contributed by atoms with E-state index in [1.807, 2.05) is 38.1 Å². The van der Waals surface area contributed by atoms with Gasteiger partial charge in [-0.3, -0.25) is 9.78 Å². The SMILES string of the molecule is Cc1ccc2nc(C)cc(C(=O)NCCN3CCCC(C)C3)c2c1. The fourth-order valence-corrected chi connectivity index (χ4v) is 3.57. The molecule has 1 fully saturated rings. The molecule has 2 aromatic rings. The van der Waals surface area contributed by atoms with E-state index < -0.39 is 0 Å². The number of pyridine rings is 1. The van der Waals surface area contributed by atoms with E-state index in [1.165, 1.54) is 12.8 Å². The van der Waals surface area contributed by atoms with Gasteiger partial charge >= 0.3 is 0 Å². The maximum atomic E-state index is 12.7. The zero-order valence-corrected chi connectivity index (χ0v) is 14.9. The van der Waals surface area contributed by atoms with Gasteiger partial charge in [-0.25, -0.2) is 0 Å². The monoisotopic (exact) mass is 325 g/mol. The predicted molar refractivity (Wildman–Crippen MR) is 98.4 cm³/mol. The molecule has 0 radical (unpaired) electrons. The number of carbonyl (C=O) groups excluding carboxylic acids is 1. The Morgan fingerprint density at radius 1 is 1.33 bits per heavy atom. The molecule has 1 aliphatic rings. The van der Waals surface area contributed by atoms with Gasteiger partial charge in [0.25, 0.3) is 5.91 Å². The average Bonchev–Trinajstić information content (AvgIpc) is 2.54. The van der Waals surface area contributed by atoms with Crippen molar-refractivity contribution in [2.45, 2.75) is 33.6 Å². The molecule has 4 nitrogen and oxygen atoms in total. The summed E-state index contributed by atoms with van der Waals surface area (Å²) < 4.78 is 0. The van der Waals surface area contributed by atoms with E-state index in [4.69, 9.17) is 0 Å². The van der Waals surface area contributed by atoms with E-state index in [0.29, 0.717) is 6.54 Å². The number of carbonyl (C=O) groups is 1. The zero-order valence-electron chi connectivity index (χ0n) is 14.9. The van der Waals surface area contributed by atoms with E-state index in [0.717, 1.165) is 53.3 Å². The smallest absolute Gasteiger partial charge is 0.252 e. The van der Waals surface area contributed by atoms with Gasteiger partial charge < -0.3 is 10.2 Å². The number of amides is 1. The van der Waals surface area contributed by atoms with Gasteiger partial charge in [-0.05, 0) is 57.4 Å². The summed E-state index contributed by atoms with van der Waals surface area (Å²) >= 11 is 0. The quantitative estimate of drug-likeness (QED) is 0.938. The Kier molecular flexibility index (Phi) is 5.14. The van der Waals surface area contributed by atoms with Gasteiger partial charge in [-0.1, -0.05) is 18.6 Å². The van der Waals surface area contributed by atoms with Crippen molar-refractivity contribution in [3.05, 3.63) is 41.1 Å². The Labute approximate surface area is 144 Å². The van der Waals surface area contributed by atoms with Crippen molar-refractivity contribution >= 4 is 16.8 Å². The van der Waals surface area contributed by atoms with Crippen LogP contribution in [0.15, 0.2) is 24.3 Å². The van der Waals surface area contributed by atoms with Crippen LogP contribution in [-0.2, 0) is 0 Å². The lowest BCUT2D eigenvalue weighted by molar-refractivity contribution is 0.0945. The van der Waals surface area contributed by atoms with Crippen LogP contribution in [0.4, 0.5) is 0 Å². The first-order valence-electron chi connectivity index (χ1n) is 8.91. The third-order valence-electron chi connectivity index (χ3n) is 4.79. The van der Waals surface area contributed by atoms with Crippen LogP contribution in [-0.4, -0.2) is 42.0 Å². The first kappa shape index (κ1) is 16.9. The van der Waals surface area contributed by atoms with E-state index in [9.17, 15) is 4.79 Å². The molecule has 2 heterocycles. The number of hydrogen-bond acceptors (Lipinski definition) is 3. The molecule has 1 saturated heterocycles. The van der Waals surface area contributed by atoms with Crippen molar-refractivity contribution in [3.8, 4) is 0 Å². The van der Waals surface area contributed by atoms with Crippen molar-refractivity contribution in [1.82, 2.24) is 15.2 Å². The molecule has 1 atom stereocenters. The van der Waals surface area contributed by atoms with E-state index in [2.05, 4.69) is 22.1 Å². The summed E-state index contributed by atoms with van der Waals surface area (Å²) in [6, 6.07) is 7.96. The molecule has 4 heteroatoms. The molecule has 24 heavy (non-hydrogen) atoms. The van der Waals surface area contributed by atoms with E-state index in [1.54, 1.807) is 0 Å². The first-order valence-corrected chi connectivity index (χ1v) is 8.91. The Bertz CT molecular complexity index is 741. The number of benzene rings is 1. The minimum atomic E-state index is 0.00107. The normalized spacial score (nSPS) is 18.7. The second-order valence-electron chi connectivity index (χ2n) is 7.14. The number of fused-ring (bicyclic) bond motifs is 1. The first-order chi connectivity index (χ1) is 11.5. The highest BCUT2D eigenvalue weighted by atomic mass is 16.1. The number of hydrogen-bond donors (Lipinski definition) is 1. The molecule has 128 valence electrons. The topological polar surface area (TPSA) is 45.2 Å². The van der Waals surface area contributed by atoms with Crippen molar-refractivity contribution < 1.29 is 4.79 Å². The summed E-state index contributed by atoms with van der Waals surface area (Å²) in [5.41, 5.74) is 3.63. The van der Waals surface area contributed by atoms with Crippen LogP contribution < -0.4 is 5.32 Å². The predicted octanol–water partition coefficient (Wildman–Crippen LogP) is 3.31. The fourth-order valence-electron chi connectivity index (χ4n) is 3.57. The van der Waals surface area contributed by atoms with E-state index in [-0.39, 0.29) is 5.91 Å². The highest BCUT2D eigenvalue weighted by Crippen LogP contribution is 2.20. The minimum Gasteiger partial charge on any atom is -0.351 e. The van der Waals surface area contributed by atoms with E-state index >= 15 is 0 Å². The summed E-state index contributed by atoms with van der Waals surface area (Å²) in [5, 5.41) is 4.03. The molecule has 1 unspecified atom stereocenters. The Morgan fingerprint density at radius 3 is 2.96 bits per heavy atom. The molecule has 0 spiro atoms. The fraction of sp³-hybridized carbons (Fsp3) is 0.500. The molecule has 1 aliphatic heterocycles. The lowest BCUT2D eigenvalue weighted by Gasteiger charge is -2.30. The zero-order chi connectivity index (χ0) is 17.1. The number of nitrogens with zero attached hydrogens (tertiary/aromatic N) is 2. The van der Waals surface area contributed by atoms with Gasteiger partial charge in [-0.2, -0.15) is 0 Å². The van der Waals surface area contributed by atoms with Crippen LogP contribution in [0.5, 0.6) is 0 Å². The molecule has 1 N–H and O–H groups in total. The van der Waals surface area contributed by atoms with Crippen molar-refractivity contribution in [3.63, 3.8) is 0 Å². The lowest BCUT2D eigenvalue weighted by Crippen LogP contribution is -2.40. The van der Waals surface area contributed by atoms with Gasteiger partial charge in [-0.15, -0.1) is 0 Å². The van der Waals surface area contributed by atoms with Gasteiger partial charge in [0.1, 0.15) is 0 Å². The molecular formula is C20H27N3O. The van der Waals surface area contributed by atoms with Crippen LogP contribution in [0.2, 0.25) is 0 Å². The summed E-state index contributed by atoms with van der Waals surface area (Å²) in [4.78, 5) is 19.7. The molecule has 1 aromatic heterocycles. The molecule has 0 aliphatic carbocycles. The van der Waals surface area contributed by atoms with Crippen LogP contribution in [0.3, 0.4) is 0 Å². The maximum Gasteiger partial charge on any atom is 0.252 e. The average molecular weight is 325 g/mol. The van der Waals surface area contributed by atoms with Crippen LogP contribution in [0, 0.1) is 19.8 Å². The molecule has 3 rings (SSSR count). The second kappa shape index (κ2) is 7.31. The largest absolute Gasteiger partial charge is 0.351 e. The summed E-state index contributed by atoms with van der Waals surface area (Å²) in [6.45, 7) is 10.2. The summed E-state index contributed by atoms with van der Waals surface area (Å²) in [7, 11) is 0. The van der Waals surface area contributed by atoms with Crippen molar-refractivity contribution in [1.29, 1.82) is 0 Å². The van der Waals surface area contributed by atoms with Gasteiger partial charge in [0.05, 0.1) is 11.1 Å². The van der Waals surface area contributed by atoms with Crippen LogP contribution in [0.1, 0.15) is 41.4 Å². The standard InChI is InChI=1S/C20H27N3O/c1-14-6-7-19-17(11-14)18(12-16(3)22-19)20(24)21-8-10-23-9-4-5-15(2)13-23/h6-7,11-12,15H,4-5,8-10,13H2,1-3H3,(H,21,24). The van der Waals surface area contributed by atoms with Gasteiger partial charge in [0.15, 0.2) is 0 Å². The molecule has 1 aromatic carbocycles. The lowest BCUT2D eigenvalue weighted by atomic mass is 10.0. The minimum absolute atomic E-state index is 0.00107. The van der Waals surface area contributed by atoms with Crippen molar-refractivity contribution in [2.24, 2.45) is 5.92 Å². The number of nitrogens with one attached hydrogen (secondary N) is 1. The number of aromatic nitrogens is 1. The summed E-state index contributed by atoms with van der Waals surface area (Å²) in [6.07, 6.45) is 2.59. The number of likely N-dealkylation sites (tertiary alicyclic amines) is 1. The molecular weight excluding hydrogens is 298 g/mol. The Hall–Kier alpha value is -1.94. The third-order valence-corrected chi connectivity index (χ3v) is 4.79. The number of rotatable bonds is 4.